The van der Waals surface area contributed by atoms with Crippen molar-refractivity contribution < 1.29 is 19.5 Å². The monoisotopic (exact) mass is 558 g/mol. The Morgan fingerprint density at radius 3 is 2.45 bits per heavy atom. The first-order valence-corrected chi connectivity index (χ1v) is 16.0. The molecule has 4 bridgehead atoms. The Bertz CT molecular complexity index is 1340. The van der Waals surface area contributed by atoms with Crippen LogP contribution in [0.25, 0.3) is 0 Å². The number of nitrogens with zero attached hydrogens (tertiary/aromatic N) is 1. The van der Waals surface area contributed by atoms with E-state index in [0.717, 1.165) is 53.7 Å². The number of imide groups is 1. The molecule has 3 unspecified atom stereocenters. The van der Waals surface area contributed by atoms with Crippen LogP contribution in [0.4, 0.5) is 0 Å². The summed E-state index contributed by atoms with van der Waals surface area (Å²) in [5.41, 5.74) is 4.30. The molecule has 2 N–H and O–H groups in total. The topological polar surface area (TPSA) is 86.7 Å². The molecule has 2 aromatic rings. The number of benzene rings is 2. The molecule has 0 spiro atoms. The van der Waals surface area contributed by atoms with E-state index >= 15 is 0 Å². The Morgan fingerprint density at radius 2 is 1.73 bits per heavy atom. The number of nitrogens with one attached hydrogen (secondary N) is 1. The standard InChI is InChI=1S/C33H38N2O4S/c36-29-11-10-27(30(37)34-29)35-18-26-25(31(35)38)4-1-5-28(26)40-19-22-8-6-21(7-9-22)3-2-12-32-14-23-13-24(15-32)17-33(39,16-23)20-32/h1,4-9,23-24,27,39H,2-3,10-20H2,(H,34,36,37). The van der Waals surface area contributed by atoms with Gasteiger partial charge in [0.15, 0.2) is 0 Å². The molecular weight excluding hydrogens is 520 g/mol. The van der Waals surface area contributed by atoms with Gasteiger partial charge in [0, 0.05) is 29.2 Å². The predicted molar refractivity (Wildman–Crippen MR) is 153 cm³/mol. The van der Waals surface area contributed by atoms with E-state index in [0.29, 0.717) is 23.9 Å². The molecular formula is C33H38N2O4S. The zero-order valence-electron chi connectivity index (χ0n) is 23.0. The van der Waals surface area contributed by atoms with Crippen molar-refractivity contribution in [2.45, 2.75) is 99.5 Å². The smallest absolute Gasteiger partial charge is 0.255 e. The lowest BCUT2D eigenvalue weighted by Gasteiger charge is -2.60. The zero-order valence-corrected chi connectivity index (χ0v) is 23.8. The zero-order chi connectivity index (χ0) is 27.5. The highest BCUT2D eigenvalue weighted by molar-refractivity contribution is 7.98. The maximum atomic E-state index is 13.1. The minimum Gasteiger partial charge on any atom is -0.390 e. The number of aliphatic hydroxyl groups is 1. The second kappa shape index (κ2) is 10.0. The number of carbonyl (C=O) groups is 3. The number of aryl methyl sites for hydroxylation is 1. The van der Waals surface area contributed by atoms with E-state index in [1.165, 1.54) is 43.2 Å². The van der Waals surface area contributed by atoms with Gasteiger partial charge in [0.1, 0.15) is 6.04 Å². The first kappa shape index (κ1) is 26.3. The van der Waals surface area contributed by atoms with Crippen LogP contribution >= 0.6 is 11.8 Å². The highest BCUT2D eigenvalue weighted by atomic mass is 32.2. The number of piperidine rings is 1. The summed E-state index contributed by atoms with van der Waals surface area (Å²) < 4.78 is 0. The summed E-state index contributed by atoms with van der Waals surface area (Å²) >= 11 is 1.73. The number of rotatable bonds is 8. The SMILES string of the molecule is O=C1CCC(N2Cc3c(SCc4ccc(CCCC56CC7CC(CC(O)(C7)C5)C6)cc4)cccc3C2=O)C(=O)N1. The summed E-state index contributed by atoms with van der Waals surface area (Å²) in [7, 11) is 0. The van der Waals surface area contributed by atoms with Crippen LogP contribution in [0.3, 0.4) is 0 Å². The third-order valence-electron chi connectivity index (χ3n) is 10.3. The van der Waals surface area contributed by atoms with Gasteiger partial charge >= 0.3 is 0 Å². The molecule has 6 aliphatic rings. The van der Waals surface area contributed by atoms with E-state index in [-0.39, 0.29) is 29.7 Å². The molecule has 1 saturated heterocycles. The lowest BCUT2D eigenvalue weighted by molar-refractivity contribution is -0.166. The highest BCUT2D eigenvalue weighted by Crippen LogP contribution is 2.63. The first-order valence-electron chi connectivity index (χ1n) is 15.0. The lowest BCUT2D eigenvalue weighted by atomic mass is 9.47. The van der Waals surface area contributed by atoms with E-state index in [4.69, 9.17) is 0 Å². The Hall–Kier alpha value is -2.64. The van der Waals surface area contributed by atoms with Gasteiger partial charge in [-0.25, -0.2) is 0 Å². The lowest BCUT2D eigenvalue weighted by Crippen LogP contribution is -2.55. The average molecular weight is 559 g/mol. The number of thioether (sulfide) groups is 1. The van der Waals surface area contributed by atoms with Crippen molar-refractivity contribution in [3.63, 3.8) is 0 Å². The number of hydrogen-bond acceptors (Lipinski definition) is 5. The molecule has 4 aliphatic carbocycles. The van der Waals surface area contributed by atoms with Gasteiger partial charge in [-0.15, -0.1) is 11.8 Å². The van der Waals surface area contributed by atoms with Gasteiger partial charge in [-0.1, -0.05) is 30.3 Å². The van der Waals surface area contributed by atoms with Gasteiger partial charge < -0.3 is 10.0 Å². The van der Waals surface area contributed by atoms with Gasteiger partial charge in [0.25, 0.3) is 5.91 Å². The Labute approximate surface area is 240 Å². The summed E-state index contributed by atoms with van der Waals surface area (Å²) in [6.07, 6.45) is 11.3. The van der Waals surface area contributed by atoms with Crippen LogP contribution in [-0.2, 0) is 28.3 Å². The molecule has 3 atom stereocenters. The number of carbonyl (C=O) groups excluding carboxylic acids is 3. The minimum atomic E-state index is -0.587. The van der Waals surface area contributed by atoms with Gasteiger partial charge in [0.05, 0.1) is 5.60 Å². The Morgan fingerprint density at radius 1 is 0.975 bits per heavy atom. The van der Waals surface area contributed by atoms with Gasteiger partial charge in [-0.2, -0.15) is 0 Å². The molecule has 2 aromatic carbocycles. The molecule has 2 aliphatic heterocycles. The second-order valence-corrected chi connectivity index (χ2v) is 14.3. The maximum absolute atomic E-state index is 13.1. The molecule has 210 valence electrons. The number of hydrogen-bond donors (Lipinski definition) is 2. The molecule has 8 rings (SSSR count). The van der Waals surface area contributed by atoms with Crippen LogP contribution in [0.15, 0.2) is 47.4 Å². The van der Waals surface area contributed by atoms with E-state index < -0.39 is 6.04 Å². The molecule has 0 aromatic heterocycles. The molecule has 5 fully saturated rings. The molecule has 7 heteroatoms. The van der Waals surface area contributed by atoms with Crippen LogP contribution in [0, 0.1) is 17.3 Å². The Balaban J connectivity index is 0.941. The summed E-state index contributed by atoms with van der Waals surface area (Å²) in [4.78, 5) is 39.7. The van der Waals surface area contributed by atoms with Crippen molar-refractivity contribution >= 4 is 29.5 Å². The van der Waals surface area contributed by atoms with Crippen LogP contribution in [0.1, 0.15) is 91.3 Å². The van der Waals surface area contributed by atoms with Crippen LogP contribution < -0.4 is 5.32 Å². The molecule has 3 amide bonds. The molecule has 40 heavy (non-hydrogen) atoms. The summed E-state index contributed by atoms with van der Waals surface area (Å²) in [6.45, 7) is 0.406. The number of fused-ring (bicyclic) bond motifs is 1. The largest absolute Gasteiger partial charge is 0.390 e. The van der Waals surface area contributed by atoms with Crippen molar-refractivity contribution in [2.24, 2.45) is 17.3 Å². The van der Waals surface area contributed by atoms with Crippen molar-refractivity contribution in [1.29, 1.82) is 0 Å². The summed E-state index contributed by atoms with van der Waals surface area (Å²) in [5.74, 6) is 1.56. The van der Waals surface area contributed by atoms with E-state index in [9.17, 15) is 19.5 Å². The van der Waals surface area contributed by atoms with Crippen molar-refractivity contribution in [1.82, 2.24) is 10.2 Å². The van der Waals surface area contributed by atoms with Crippen molar-refractivity contribution in [2.75, 3.05) is 0 Å². The van der Waals surface area contributed by atoms with Crippen molar-refractivity contribution in [3.8, 4) is 0 Å². The van der Waals surface area contributed by atoms with Gasteiger partial charge in [-0.3, -0.25) is 19.7 Å². The molecule has 4 saturated carbocycles. The van der Waals surface area contributed by atoms with Crippen LogP contribution in [-0.4, -0.2) is 39.4 Å². The fourth-order valence-corrected chi connectivity index (χ4v) is 10.1. The fraction of sp³-hybridized carbons (Fsp3) is 0.545. The number of amides is 3. The van der Waals surface area contributed by atoms with Gasteiger partial charge in [0.2, 0.25) is 11.8 Å². The average Bonchev–Trinajstić information content (AvgIpc) is 3.23. The first-order chi connectivity index (χ1) is 19.3. The third kappa shape index (κ3) is 4.89. The van der Waals surface area contributed by atoms with Crippen LogP contribution in [0.5, 0.6) is 0 Å². The van der Waals surface area contributed by atoms with Crippen molar-refractivity contribution in [3.05, 3.63) is 64.7 Å². The quantitative estimate of drug-likeness (QED) is 0.335. The fourth-order valence-electron chi connectivity index (χ4n) is 9.02. The molecule has 2 heterocycles. The van der Waals surface area contributed by atoms with Crippen LogP contribution in [0.2, 0.25) is 0 Å². The highest BCUT2D eigenvalue weighted by Gasteiger charge is 2.56. The minimum absolute atomic E-state index is 0.126. The van der Waals surface area contributed by atoms with Gasteiger partial charge in [-0.05, 0) is 110 Å². The van der Waals surface area contributed by atoms with E-state index in [2.05, 4.69) is 35.6 Å². The summed E-state index contributed by atoms with van der Waals surface area (Å²) in [6, 6.07) is 14.2. The normalized spacial score (nSPS) is 32.5. The maximum Gasteiger partial charge on any atom is 0.255 e. The Kier molecular flexibility index (Phi) is 6.58. The predicted octanol–water partition coefficient (Wildman–Crippen LogP) is 5.39. The van der Waals surface area contributed by atoms with E-state index in [1.54, 1.807) is 16.7 Å². The third-order valence-corrected chi connectivity index (χ3v) is 11.5. The summed E-state index contributed by atoms with van der Waals surface area (Å²) in [5, 5.41) is 13.4. The van der Waals surface area contributed by atoms with E-state index in [1.807, 2.05) is 12.1 Å². The molecule has 0 radical (unpaired) electrons. The molecule has 6 nitrogen and oxygen atoms in total. The second-order valence-electron chi connectivity index (χ2n) is 13.3.